The van der Waals surface area contributed by atoms with Gasteiger partial charge in [0, 0.05) is 0 Å². The molecule has 0 aromatic heterocycles. The smallest absolute Gasteiger partial charge is 0.311 e. The van der Waals surface area contributed by atoms with Crippen LogP contribution in [-0.4, -0.2) is 38.5 Å². The summed E-state index contributed by atoms with van der Waals surface area (Å²) in [5.41, 5.74) is -0.389. The van der Waals surface area contributed by atoms with Crippen LogP contribution in [0.3, 0.4) is 0 Å². The zero-order valence-electron chi connectivity index (χ0n) is 9.75. The summed E-state index contributed by atoms with van der Waals surface area (Å²) in [6.45, 7) is 7.92. The van der Waals surface area contributed by atoms with Gasteiger partial charge < -0.3 is 14.2 Å². The second kappa shape index (κ2) is 5.47. The molecule has 1 fully saturated rings. The monoisotopic (exact) mass is 216 g/mol. The van der Waals surface area contributed by atoms with E-state index in [9.17, 15) is 4.79 Å². The molecule has 1 atom stereocenters. The van der Waals surface area contributed by atoms with Crippen molar-refractivity contribution in [2.24, 2.45) is 5.41 Å². The lowest BCUT2D eigenvalue weighted by atomic mass is 9.91. The molecule has 0 spiro atoms. The Bertz CT molecular complexity index is 209. The zero-order valence-corrected chi connectivity index (χ0v) is 9.75. The van der Waals surface area contributed by atoms with Gasteiger partial charge in [-0.05, 0) is 20.3 Å². The minimum atomic E-state index is -0.389. The Balaban J connectivity index is 2.00. The normalized spacial score (nSPS) is 20.1. The number of ether oxygens (including phenoxy) is 3. The highest BCUT2D eigenvalue weighted by atomic mass is 16.6. The van der Waals surface area contributed by atoms with Crippen LogP contribution in [0.25, 0.3) is 0 Å². The van der Waals surface area contributed by atoms with Crippen molar-refractivity contribution in [3.05, 3.63) is 0 Å². The van der Waals surface area contributed by atoms with Crippen molar-refractivity contribution in [3.63, 3.8) is 0 Å². The topological polar surface area (TPSA) is 48.1 Å². The predicted molar refractivity (Wildman–Crippen MR) is 55.6 cm³/mol. The van der Waals surface area contributed by atoms with Gasteiger partial charge in [-0.3, -0.25) is 4.79 Å². The van der Waals surface area contributed by atoms with Crippen molar-refractivity contribution in [2.75, 3.05) is 26.4 Å². The SMILES string of the molecule is CCC(C)(C)C(=O)OCCOCC1CO1. The van der Waals surface area contributed by atoms with Crippen molar-refractivity contribution in [1.29, 1.82) is 0 Å². The number of epoxide rings is 1. The number of hydrogen-bond donors (Lipinski definition) is 0. The van der Waals surface area contributed by atoms with Crippen molar-refractivity contribution in [1.82, 2.24) is 0 Å². The van der Waals surface area contributed by atoms with Gasteiger partial charge in [0.05, 0.1) is 25.2 Å². The average molecular weight is 216 g/mol. The third-order valence-electron chi connectivity index (χ3n) is 2.60. The minimum absolute atomic E-state index is 0.156. The lowest BCUT2D eigenvalue weighted by molar-refractivity contribution is -0.155. The molecule has 1 aliphatic rings. The first kappa shape index (κ1) is 12.5. The summed E-state index contributed by atoms with van der Waals surface area (Å²) in [6.07, 6.45) is 1.05. The van der Waals surface area contributed by atoms with Crippen molar-refractivity contribution in [2.45, 2.75) is 33.3 Å². The first-order chi connectivity index (χ1) is 7.06. The summed E-state index contributed by atoms with van der Waals surface area (Å²) in [6, 6.07) is 0. The Morgan fingerprint density at radius 3 is 2.67 bits per heavy atom. The van der Waals surface area contributed by atoms with Gasteiger partial charge in [0.15, 0.2) is 0 Å². The molecule has 1 rings (SSSR count). The van der Waals surface area contributed by atoms with Gasteiger partial charge >= 0.3 is 5.97 Å². The van der Waals surface area contributed by atoms with E-state index >= 15 is 0 Å². The molecule has 88 valence electrons. The molecule has 1 aliphatic heterocycles. The van der Waals surface area contributed by atoms with E-state index in [0.717, 1.165) is 13.0 Å². The van der Waals surface area contributed by atoms with E-state index in [4.69, 9.17) is 14.2 Å². The second-order valence-corrected chi connectivity index (χ2v) is 4.40. The third kappa shape index (κ3) is 4.62. The summed E-state index contributed by atoms with van der Waals surface area (Å²) >= 11 is 0. The lowest BCUT2D eigenvalue weighted by Gasteiger charge is -2.20. The number of carbonyl (C=O) groups is 1. The van der Waals surface area contributed by atoms with Crippen molar-refractivity contribution in [3.8, 4) is 0 Å². The highest BCUT2D eigenvalue weighted by Crippen LogP contribution is 2.21. The molecule has 0 bridgehead atoms. The minimum Gasteiger partial charge on any atom is -0.463 e. The van der Waals surface area contributed by atoms with Gasteiger partial charge in [-0.25, -0.2) is 0 Å². The maximum Gasteiger partial charge on any atom is 0.311 e. The van der Waals surface area contributed by atoms with E-state index in [2.05, 4.69) is 0 Å². The molecule has 1 saturated heterocycles. The standard InChI is InChI=1S/C11H20O4/c1-4-11(2,3)10(12)14-6-5-13-7-9-8-15-9/h9H,4-8H2,1-3H3. The molecular weight excluding hydrogens is 196 g/mol. The molecule has 0 radical (unpaired) electrons. The van der Waals surface area contributed by atoms with Crippen LogP contribution >= 0.6 is 0 Å². The molecule has 0 aromatic rings. The van der Waals surface area contributed by atoms with Gasteiger partial charge in [-0.15, -0.1) is 0 Å². The van der Waals surface area contributed by atoms with Crippen LogP contribution in [-0.2, 0) is 19.0 Å². The predicted octanol–water partition coefficient (Wildman–Crippen LogP) is 1.38. The van der Waals surface area contributed by atoms with E-state index in [0.29, 0.717) is 19.8 Å². The fraction of sp³-hybridized carbons (Fsp3) is 0.909. The fourth-order valence-corrected chi connectivity index (χ4v) is 0.912. The number of carbonyl (C=O) groups excluding carboxylic acids is 1. The molecule has 0 saturated carbocycles. The van der Waals surface area contributed by atoms with Crippen molar-refractivity contribution < 1.29 is 19.0 Å². The van der Waals surface area contributed by atoms with Gasteiger partial charge in [0.1, 0.15) is 12.7 Å². The molecule has 0 aromatic carbocycles. The molecule has 4 heteroatoms. The average Bonchev–Trinajstić information content (AvgIpc) is 3.00. The van der Waals surface area contributed by atoms with E-state index in [1.807, 2.05) is 20.8 Å². The van der Waals surface area contributed by atoms with E-state index in [-0.39, 0.29) is 17.5 Å². The molecule has 1 heterocycles. The highest BCUT2D eigenvalue weighted by Gasteiger charge is 2.27. The third-order valence-corrected chi connectivity index (χ3v) is 2.60. The fourth-order valence-electron chi connectivity index (χ4n) is 0.912. The number of hydrogen-bond acceptors (Lipinski definition) is 4. The lowest BCUT2D eigenvalue weighted by Crippen LogP contribution is -2.27. The molecule has 15 heavy (non-hydrogen) atoms. The largest absolute Gasteiger partial charge is 0.463 e. The van der Waals surface area contributed by atoms with E-state index in [1.165, 1.54) is 0 Å². The molecule has 0 N–H and O–H groups in total. The van der Waals surface area contributed by atoms with Gasteiger partial charge in [0.25, 0.3) is 0 Å². The second-order valence-electron chi connectivity index (χ2n) is 4.40. The van der Waals surface area contributed by atoms with Crippen LogP contribution in [0.15, 0.2) is 0 Å². The quantitative estimate of drug-likeness (QED) is 0.366. The van der Waals surface area contributed by atoms with E-state index < -0.39 is 0 Å². The maximum absolute atomic E-state index is 11.5. The first-order valence-electron chi connectivity index (χ1n) is 5.43. The van der Waals surface area contributed by atoms with Gasteiger partial charge in [-0.1, -0.05) is 6.92 Å². The number of esters is 1. The number of rotatable bonds is 7. The van der Waals surface area contributed by atoms with Crippen molar-refractivity contribution >= 4 is 5.97 Å². The van der Waals surface area contributed by atoms with E-state index in [1.54, 1.807) is 0 Å². The molecule has 4 nitrogen and oxygen atoms in total. The molecular formula is C11H20O4. The first-order valence-corrected chi connectivity index (χ1v) is 5.43. The van der Waals surface area contributed by atoms with Crippen LogP contribution in [0.1, 0.15) is 27.2 Å². The Labute approximate surface area is 90.9 Å². The Morgan fingerprint density at radius 1 is 1.47 bits per heavy atom. The summed E-state index contributed by atoms with van der Waals surface area (Å²) < 4.78 is 15.3. The summed E-state index contributed by atoms with van der Waals surface area (Å²) in [4.78, 5) is 11.5. The van der Waals surface area contributed by atoms with Crippen LogP contribution in [0.4, 0.5) is 0 Å². The Kier molecular flexibility index (Phi) is 4.54. The summed E-state index contributed by atoms with van der Waals surface area (Å²) in [5, 5.41) is 0. The van der Waals surface area contributed by atoms with Gasteiger partial charge in [0.2, 0.25) is 0 Å². The van der Waals surface area contributed by atoms with Crippen LogP contribution in [0, 0.1) is 5.41 Å². The van der Waals surface area contributed by atoms with Crippen LogP contribution in [0.2, 0.25) is 0 Å². The summed E-state index contributed by atoms with van der Waals surface area (Å²) in [7, 11) is 0. The van der Waals surface area contributed by atoms with Crippen LogP contribution < -0.4 is 0 Å². The Morgan fingerprint density at radius 2 is 2.13 bits per heavy atom. The Hall–Kier alpha value is -0.610. The summed E-state index contributed by atoms with van der Waals surface area (Å²) in [5.74, 6) is -0.156. The van der Waals surface area contributed by atoms with Gasteiger partial charge in [-0.2, -0.15) is 0 Å². The maximum atomic E-state index is 11.5. The molecule has 0 amide bonds. The molecule has 0 aliphatic carbocycles. The zero-order chi connectivity index (χ0) is 11.3. The highest BCUT2D eigenvalue weighted by molar-refractivity contribution is 5.75. The molecule has 1 unspecified atom stereocenters. The van der Waals surface area contributed by atoms with Crippen LogP contribution in [0.5, 0.6) is 0 Å².